The Morgan fingerprint density at radius 1 is 1.22 bits per heavy atom. The van der Waals surface area contributed by atoms with E-state index in [1.54, 1.807) is 0 Å². The lowest BCUT2D eigenvalue weighted by atomic mass is 10.2. The summed E-state index contributed by atoms with van der Waals surface area (Å²) in [4.78, 5) is 4.73. The molecule has 1 unspecified atom stereocenters. The molecule has 4 N–H and O–H groups in total. The fraction of sp³-hybridized carbons (Fsp3) is 0.538. The van der Waals surface area contributed by atoms with Crippen LogP contribution in [0.25, 0.3) is 0 Å². The molecule has 1 aliphatic heterocycles. The van der Waals surface area contributed by atoms with Crippen LogP contribution >= 0.6 is 11.6 Å². The zero-order valence-electron chi connectivity index (χ0n) is 10.6. The van der Waals surface area contributed by atoms with Crippen molar-refractivity contribution in [3.8, 4) is 0 Å². The topological polar surface area (TPSA) is 58.5 Å². The Balaban J connectivity index is 1.87. The maximum atomic E-state index is 6.01. The summed E-state index contributed by atoms with van der Waals surface area (Å²) in [5.74, 6) is 0. The molecule has 0 saturated carbocycles. The first-order valence-corrected chi connectivity index (χ1v) is 6.75. The first kappa shape index (κ1) is 13.6. The van der Waals surface area contributed by atoms with Gasteiger partial charge in [-0.3, -0.25) is 4.90 Å². The van der Waals surface area contributed by atoms with Crippen molar-refractivity contribution < 1.29 is 0 Å². The molecular weight excluding hydrogens is 248 g/mol. The van der Waals surface area contributed by atoms with Gasteiger partial charge in [-0.25, -0.2) is 0 Å². The van der Waals surface area contributed by atoms with Gasteiger partial charge in [-0.2, -0.15) is 0 Å². The predicted molar refractivity (Wildman–Crippen MR) is 77.1 cm³/mol. The SMILES string of the molecule is NCC(N)CN1CCN(c2cccc(Cl)c2)CC1. The molecule has 1 atom stereocenters. The van der Waals surface area contributed by atoms with Crippen molar-refractivity contribution in [3.05, 3.63) is 29.3 Å². The molecule has 100 valence electrons. The third-order valence-electron chi connectivity index (χ3n) is 3.34. The van der Waals surface area contributed by atoms with Gasteiger partial charge in [0.05, 0.1) is 0 Å². The number of rotatable bonds is 4. The minimum atomic E-state index is 0.0859. The van der Waals surface area contributed by atoms with Gasteiger partial charge < -0.3 is 16.4 Å². The summed E-state index contributed by atoms with van der Waals surface area (Å²) in [5, 5.41) is 0.792. The average molecular weight is 269 g/mol. The van der Waals surface area contributed by atoms with Crippen LogP contribution in [0.15, 0.2) is 24.3 Å². The third kappa shape index (κ3) is 3.59. The van der Waals surface area contributed by atoms with Crippen molar-refractivity contribution >= 4 is 17.3 Å². The summed E-state index contributed by atoms with van der Waals surface area (Å²) in [7, 11) is 0. The van der Waals surface area contributed by atoms with E-state index in [0.717, 1.165) is 37.7 Å². The standard InChI is InChI=1S/C13H21ClN4/c14-11-2-1-3-13(8-11)18-6-4-17(5-7-18)10-12(16)9-15/h1-3,8,12H,4-7,9-10,15-16H2. The van der Waals surface area contributed by atoms with E-state index in [4.69, 9.17) is 23.1 Å². The monoisotopic (exact) mass is 268 g/mol. The molecule has 2 rings (SSSR count). The molecule has 0 radical (unpaired) electrons. The van der Waals surface area contributed by atoms with Gasteiger partial charge >= 0.3 is 0 Å². The van der Waals surface area contributed by atoms with Crippen LogP contribution in [0.1, 0.15) is 0 Å². The molecule has 0 aromatic heterocycles. The highest BCUT2D eigenvalue weighted by Crippen LogP contribution is 2.20. The molecule has 4 nitrogen and oxygen atoms in total. The molecular formula is C13H21ClN4. The normalized spacial score (nSPS) is 18.9. The van der Waals surface area contributed by atoms with Crippen molar-refractivity contribution in [3.63, 3.8) is 0 Å². The Bertz CT molecular complexity index is 377. The van der Waals surface area contributed by atoms with E-state index in [1.165, 1.54) is 5.69 Å². The van der Waals surface area contributed by atoms with E-state index < -0.39 is 0 Å². The number of nitrogens with two attached hydrogens (primary N) is 2. The van der Waals surface area contributed by atoms with Gasteiger partial charge in [-0.05, 0) is 18.2 Å². The number of anilines is 1. The van der Waals surface area contributed by atoms with Crippen molar-refractivity contribution in [2.24, 2.45) is 11.5 Å². The number of hydrogen-bond acceptors (Lipinski definition) is 4. The van der Waals surface area contributed by atoms with Crippen LogP contribution in [0.5, 0.6) is 0 Å². The maximum absolute atomic E-state index is 6.01. The largest absolute Gasteiger partial charge is 0.369 e. The molecule has 1 saturated heterocycles. The minimum absolute atomic E-state index is 0.0859. The molecule has 1 aromatic rings. The fourth-order valence-corrected chi connectivity index (χ4v) is 2.45. The molecule has 0 aliphatic carbocycles. The maximum Gasteiger partial charge on any atom is 0.0426 e. The summed E-state index contributed by atoms with van der Waals surface area (Å²) < 4.78 is 0. The summed E-state index contributed by atoms with van der Waals surface area (Å²) in [5.41, 5.74) is 12.6. The second-order valence-corrected chi connectivity index (χ2v) is 5.20. The molecule has 0 spiro atoms. The summed E-state index contributed by atoms with van der Waals surface area (Å²) in [6, 6.07) is 8.11. The molecule has 0 amide bonds. The van der Waals surface area contributed by atoms with E-state index in [0.29, 0.717) is 6.54 Å². The van der Waals surface area contributed by atoms with Crippen LogP contribution < -0.4 is 16.4 Å². The second kappa shape index (κ2) is 6.38. The van der Waals surface area contributed by atoms with E-state index in [1.807, 2.05) is 18.2 Å². The van der Waals surface area contributed by atoms with Gasteiger partial charge in [0.2, 0.25) is 0 Å². The number of nitrogens with zero attached hydrogens (tertiary/aromatic N) is 2. The lowest BCUT2D eigenvalue weighted by Crippen LogP contribution is -2.51. The minimum Gasteiger partial charge on any atom is -0.369 e. The zero-order valence-corrected chi connectivity index (χ0v) is 11.3. The Labute approximate surface area is 113 Å². The molecule has 1 heterocycles. The van der Waals surface area contributed by atoms with Gasteiger partial charge in [-0.15, -0.1) is 0 Å². The molecule has 5 heteroatoms. The van der Waals surface area contributed by atoms with Crippen molar-refractivity contribution in [1.29, 1.82) is 0 Å². The van der Waals surface area contributed by atoms with Gasteiger partial charge in [0.25, 0.3) is 0 Å². The molecule has 1 fully saturated rings. The van der Waals surface area contributed by atoms with Gasteiger partial charge in [0.15, 0.2) is 0 Å². The van der Waals surface area contributed by atoms with Crippen LogP contribution in [-0.4, -0.2) is 50.2 Å². The first-order valence-electron chi connectivity index (χ1n) is 6.37. The van der Waals surface area contributed by atoms with Gasteiger partial charge in [-0.1, -0.05) is 17.7 Å². The van der Waals surface area contributed by atoms with E-state index in [-0.39, 0.29) is 6.04 Å². The summed E-state index contributed by atoms with van der Waals surface area (Å²) >= 11 is 6.01. The van der Waals surface area contributed by atoms with Gasteiger partial charge in [0.1, 0.15) is 0 Å². The van der Waals surface area contributed by atoms with E-state index >= 15 is 0 Å². The highest BCUT2D eigenvalue weighted by Gasteiger charge is 2.18. The van der Waals surface area contributed by atoms with Crippen molar-refractivity contribution in [1.82, 2.24) is 4.90 Å². The highest BCUT2D eigenvalue weighted by molar-refractivity contribution is 6.30. The van der Waals surface area contributed by atoms with Crippen LogP contribution in [-0.2, 0) is 0 Å². The quantitative estimate of drug-likeness (QED) is 0.846. The first-order chi connectivity index (χ1) is 8.69. The highest BCUT2D eigenvalue weighted by atomic mass is 35.5. The van der Waals surface area contributed by atoms with Crippen molar-refractivity contribution in [2.75, 3.05) is 44.2 Å². The Morgan fingerprint density at radius 2 is 1.94 bits per heavy atom. The fourth-order valence-electron chi connectivity index (χ4n) is 2.27. The average Bonchev–Trinajstić information content (AvgIpc) is 2.39. The zero-order chi connectivity index (χ0) is 13.0. The third-order valence-corrected chi connectivity index (χ3v) is 3.58. The van der Waals surface area contributed by atoms with Crippen LogP contribution in [0.3, 0.4) is 0 Å². The van der Waals surface area contributed by atoms with Crippen LogP contribution in [0, 0.1) is 0 Å². The van der Waals surface area contributed by atoms with Crippen LogP contribution in [0.4, 0.5) is 5.69 Å². The number of hydrogen-bond donors (Lipinski definition) is 2. The molecule has 1 aliphatic rings. The van der Waals surface area contributed by atoms with Crippen LogP contribution in [0.2, 0.25) is 5.02 Å². The number of halogens is 1. The smallest absolute Gasteiger partial charge is 0.0426 e. The molecule has 0 bridgehead atoms. The van der Waals surface area contributed by atoms with Gasteiger partial charge in [0, 0.05) is 56.0 Å². The number of benzene rings is 1. The Morgan fingerprint density at radius 3 is 2.56 bits per heavy atom. The lowest BCUT2D eigenvalue weighted by molar-refractivity contribution is 0.244. The second-order valence-electron chi connectivity index (χ2n) is 4.76. The molecule has 1 aromatic carbocycles. The Kier molecular flexibility index (Phi) is 4.83. The summed E-state index contributed by atoms with van der Waals surface area (Å²) in [6.07, 6.45) is 0. The van der Waals surface area contributed by atoms with E-state index in [2.05, 4.69) is 15.9 Å². The Hall–Kier alpha value is -0.810. The van der Waals surface area contributed by atoms with E-state index in [9.17, 15) is 0 Å². The molecule has 18 heavy (non-hydrogen) atoms. The predicted octanol–water partition coefficient (Wildman–Crippen LogP) is 0.748. The number of piperazine rings is 1. The van der Waals surface area contributed by atoms with Crippen molar-refractivity contribution in [2.45, 2.75) is 6.04 Å². The lowest BCUT2D eigenvalue weighted by Gasteiger charge is -2.37. The summed E-state index contributed by atoms with van der Waals surface area (Å²) in [6.45, 7) is 5.52.